The summed E-state index contributed by atoms with van der Waals surface area (Å²) in [6.07, 6.45) is 1.31. The molecule has 0 spiro atoms. The Balaban J connectivity index is 2.90. The molecule has 1 aromatic carbocycles. The molecule has 5 heteroatoms. The second kappa shape index (κ2) is 7.19. The maximum atomic E-state index is 10.8. The molecule has 0 saturated carbocycles. The van der Waals surface area contributed by atoms with E-state index < -0.39 is 5.97 Å². The zero-order valence-corrected chi connectivity index (χ0v) is 11.0. The molecule has 0 aliphatic rings. The van der Waals surface area contributed by atoms with E-state index in [1.165, 1.54) is 6.08 Å². The van der Waals surface area contributed by atoms with E-state index in [1.54, 1.807) is 30.3 Å². The summed E-state index contributed by atoms with van der Waals surface area (Å²) in [7, 11) is 3.88. The first-order valence-corrected chi connectivity index (χ1v) is 5.76. The van der Waals surface area contributed by atoms with Crippen LogP contribution in [0, 0.1) is 11.3 Å². The van der Waals surface area contributed by atoms with Gasteiger partial charge in [0.25, 0.3) is 0 Å². The molecule has 0 bridgehead atoms. The molecule has 1 rings (SSSR count). The third kappa shape index (κ3) is 4.82. The molecule has 0 aromatic heterocycles. The van der Waals surface area contributed by atoms with Crippen LogP contribution in [0.15, 0.2) is 29.8 Å². The van der Waals surface area contributed by atoms with E-state index in [9.17, 15) is 4.79 Å². The second-order valence-corrected chi connectivity index (χ2v) is 4.16. The lowest BCUT2D eigenvalue weighted by Crippen LogP contribution is -2.19. The summed E-state index contributed by atoms with van der Waals surface area (Å²) in [5, 5.41) is 17.6. The van der Waals surface area contributed by atoms with Crippen molar-refractivity contribution in [3.8, 4) is 11.8 Å². The molecule has 100 valence electrons. The Bertz CT molecular complexity index is 516. The van der Waals surface area contributed by atoms with E-state index in [0.29, 0.717) is 17.9 Å². The highest BCUT2D eigenvalue weighted by Crippen LogP contribution is 2.20. The number of hydrogen-bond donors (Lipinski definition) is 1. The quantitative estimate of drug-likeness (QED) is 0.621. The van der Waals surface area contributed by atoms with Crippen molar-refractivity contribution in [2.24, 2.45) is 0 Å². The van der Waals surface area contributed by atoms with Crippen molar-refractivity contribution in [2.45, 2.75) is 0 Å². The van der Waals surface area contributed by atoms with E-state index in [4.69, 9.17) is 15.1 Å². The molecule has 0 radical (unpaired) electrons. The lowest BCUT2D eigenvalue weighted by molar-refractivity contribution is -0.132. The van der Waals surface area contributed by atoms with Crippen LogP contribution in [0.3, 0.4) is 0 Å². The zero-order chi connectivity index (χ0) is 14.3. The van der Waals surface area contributed by atoms with E-state index in [2.05, 4.69) is 0 Å². The van der Waals surface area contributed by atoms with Crippen molar-refractivity contribution in [1.82, 2.24) is 4.90 Å². The minimum absolute atomic E-state index is 0.316. The third-order valence-corrected chi connectivity index (χ3v) is 2.37. The van der Waals surface area contributed by atoms with Crippen molar-refractivity contribution >= 4 is 12.0 Å². The summed E-state index contributed by atoms with van der Waals surface area (Å²) in [6.45, 7) is 1.24. The Kier molecular flexibility index (Phi) is 5.58. The lowest BCUT2D eigenvalue weighted by Gasteiger charge is -2.12. The van der Waals surface area contributed by atoms with Gasteiger partial charge in [-0.1, -0.05) is 18.2 Å². The molecule has 0 heterocycles. The Morgan fingerprint density at radius 1 is 1.47 bits per heavy atom. The molecule has 0 amide bonds. The standard InChI is InChI=1S/C14H16N2O3/c1-16(2)7-8-19-13-6-4-3-5-11(13)9-12(10-15)14(17)18/h3-6,9H,7-8H2,1-2H3,(H,17,18). The van der Waals surface area contributed by atoms with E-state index in [1.807, 2.05) is 19.0 Å². The number of rotatable bonds is 6. The van der Waals surface area contributed by atoms with E-state index in [0.717, 1.165) is 6.54 Å². The topological polar surface area (TPSA) is 73.6 Å². The van der Waals surface area contributed by atoms with Crippen LogP contribution in [0.2, 0.25) is 0 Å². The van der Waals surface area contributed by atoms with Gasteiger partial charge in [-0.05, 0) is 26.2 Å². The molecule has 0 atom stereocenters. The maximum absolute atomic E-state index is 10.8. The van der Waals surface area contributed by atoms with Crippen molar-refractivity contribution in [3.63, 3.8) is 0 Å². The van der Waals surface area contributed by atoms with Gasteiger partial charge in [0.15, 0.2) is 0 Å². The highest BCUT2D eigenvalue weighted by molar-refractivity contribution is 5.96. The summed E-state index contributed by atoms with van der Waals surface area (Å²) in [5.41, 5.74) is 0.267. The summed E-state index contributed by atoms with van der Waals surface area (Å²) in [6, 6.07) is 8.68. The number of nitrogens with zero attached hydrogens (tertiary/aromatic N) is 2. The first-order valence-electron chi connectivity index (χ1n) is 5.76. The highest BCUT2D eigenvalue weighted by Gasteiger charge is 2.08. The monoisotopic (exact) mass is 260 g/mol. The molecule has 0 aliphatic carbocycles. The van der Waals surface area contributed by atoms with E-state index >= 15 is 0 Å². The lowest BCUT2D eigenvalue weighted by atomic mass is 10.1. The Morgan fingerprint density at radius 3 is 2.74 bits per heavy atom. The molecular weight excluding hydrogens is 244 g/mol. The van der Waals surface area contributed by atoms with Crippen LogP contribution >= 0.6 is 0 Å². The third-order valence-electron chi connectivity index (χ3n) is 2.37. The van der Waals surface area contributed by atoms with Gasteiger partial charge in [-0.2, -0.15) is 5.26 Å². The molecule has 19 heavy (non-hydrogen) atoms. The average Bonchev–Trinajstić information content (AvgIpc) is 2.36. The van der Waals surface area contributed by atoms with Gasteiger partial charge in [-0.3, -0.25) is 0 Å². The molecule has 5 nitrogen and oxygen atoms in total. The van der Waals surface area contributed by atoms with Gasteiger partial charge in [0.1, 0.15) is 24.0 Å². The summed E-state index contributed by atoms with van der Waals surface area (Å²) >= 11 is 0. The molecule has 1 aromatic rings. The van der Waals surface area contributed by atoms with Crippen LogP contribution in [0.1, 0.15) is 5.56 Å². The van der Waals surface area contributed by atoms with Crippen molar-refractivity contribution in [1.29, 1.82) is 5.26 Å². The van der Waals surface area contributed by atoms with Crippen LogP contribution in [0.25, 0.3) is 6.08 Å². The first-order chi connectivity index (χ1) is 9.04. The summed E-state index contributed by atoms with van der Waals surface area (Å²) < 4.78 is 5.58. The number of likely N-dealkylation sites (N-methyl/N-ethyl adjacent to an activating group) is 1. The van der Waals surface area contributed by atoms with Crippen LogP contribution in [-0.4, -0.2) is 43.2 Å². The summed E-state index contributed by atoms with van der Waals surface area (Å²) in [5.74, 6) is -0.677. The van der Waals surface area contributed by atoms with Gasteiger partial charge >= 0.3 is 5.97 Å². The number of benzene rings is 1. The number of carbonyl (C=O) groups is 1. The minimum Gasteiger partial charge on any atom is -0.492 e. The van der Waals surface area contributed by atoms with Crippen molar-refractivity contribution in [3.05, 3.63) is 35.4 Å². The molecular formula is C14H16N2O3. The number of ether oxygens (including phenoxy) is 1. The number of carboxylic acid groups (broad SMARTS) is 1. The molecule has 0 saturated heterocycles. The van der Waals surface area contributed by atoms with Crippen LogP contribution in [-0.2, 0) is 4.79 Å². The number of carboxylic acids is 1. The molecule has 0 fully saturated rings. The van der Waals surface area contributed by atoms with Gasteiger partial charge in [-0.25, -0.2) is 4.79 Å². The number of aliphatic carboxylic acids is 1. The fraction of sp³-hybridized carbons (Fsp3) is 0.286. The number of para-hydroxylation sites is 1. The summed E-state index contributed by atoms with van der Waals surface area (Å²) in [4.78, 5) is 12.8. The van der Waals surface area contributed by atoms with Gasteiger partial charge in [0, 0.05) is 12.1 Å². The average molecular weight is 260 g/mol. The Labute approximate surface area is 112 Å². The smallest absolute Gasteiger partial charge is 0.346 e. The SMILES string of the molecule is CN(C)CCOc1ccccc1C=C(C#N)C(=O)O. The van der Waals surface area contributed by atoms with Crippen LogP contribution in [0.4, 0.5) is 0 Å². The van der Waals surface area contributed by atoms with Gasteiger partial charge in [0.2, 0.25) is 0 Å². The molecule has 0 aliphatic heterocycles. The fourth-order valence-electron chi connectivity index (χ4n) is 1.37. The largest absolute Gasteiger partial charge is 0.492 e. The number of nitriles is 1. The zero-order valence-electron chi connectivity index (χ0n) is 11.0. The van der Waals surface area contributed by atoms with Gasteiger partial charge in [-0.15, -0.1) is 0 Å². The van der Waals surface area contributed by atoms with E-state index in [-0.39, 0.29) is 5.57 Å². The highest BCUT2D eigenvalue weighted by atomic mass is 16.5. The second-order valence-electron chi connectivity index (χ2n) is 4.16. The van der Waals surface area contributed by atoms with Crippen LogP contribution in [0.5, 0.6) is 5.75 Å². The fourth-order valence-corrected chi connectivity index (χ4v) is 1.37. The first kappa shape index (κ1) is 14.7. The van der Waals surface area contributed by atoms with Gasteiger partial charge in [0.05, 0.1) is 0 Å². The van der Waals surface area contributed by atoms with Gasteiger partial charge < -0.3 is 14.7 Å². The predicted molar refractivity (Wildman–Crippen MR) is 71.7 cm³/mol. The minimum atomic E-state index is -1.24. The Hall–Kier alpha value is -2.32. The molecule has 1 N–H and O–H groups in total. The van der Waals surface area contributed by atoms with Crippen molar-refractivity contribution < 1.29 is 14.6 Å². The maximum Gasteiger partial charge on any atom is 0.346 e. The number of hydrogen-bond acceptors (Lipinski definition) is 4. The normalized spacial score (nSPS) is 11.2. The Morgan fingerprint density at radius 2 is 2.16 bits per heavy atom. The molecule has 0 unspecified atom stereocenters. The predicted octanol–water partition coefficient (Wildman–Crippen LogP) is 1.62. The van der Waals surface area contributed by atoms with Crippen LogP contribution < -0.4 is 4.74 Å². The van der Waals surface area contributed by atoms with Crippen molar-refractivity contribution in [2.75, 3.05) is 27.2 Å².